The molecule has 0 saturated carbocycles. The number of nitrogens with one attached hydrogen (secondary N) is 2. The second kappa shape index (κ2) is 15.9. The molecule has 8 heteroatoms. The van der Waals surface area contributed by atoms with Gasteiger partial charge < -0.3 is 20.1 Å². The molecule has 0 aliphatic heterocycles. The van der Waals surface area contributed by atoms with Gasteiger partial charge in [0.2, 0.25) is 0 Å². The van der Waals surface area contributed by atoms with Gasteiger partial charge in [0, 0.05) is 43.4 Å². The molecule has 0 bridgehead atoms. The van der Waals surface area contributed by atoms with Crippen LogP contribution in [0.4, 0.5) is 0 Å². The second-order valence-electron chi connectivity index (χ2n) is 5.17. The van der Waals surface area contributed by atoms with Crippen LogP contribution in [0.1, 0.15) is 18.9 Å². The zero-order valence-electron chi connectivity index (χ0n) is 14.8. The van der Waals surface area contributed by atoms with Crippen LogP contribution >= 0.6 is 47.2 Å². The molecular formula is C17H28Cl2IN3O2. The fourth-order valence-electron chi connectivity index (χ4n) is 2.02. The Labute approximate surface area is 177 Å². The highest BCUT2D eigenvalue weighted by Crippen LogP contribution is 2.19. The third kappa shape index (κ3) is 12.7. The average molecular weight is 504 g/mol. The zero-order chi connectivity index (χ0) is 17.6. The summed E-state index contributed by atoms with van der Waals surface area (Å²) in [6.45, 7) is 6.27. The molecule has 5 nitrogen and oxygen atoms in total. The number of aliphatic imine (C=N–C) groups is 1. The number of halogens is 3. The van der Waals surface area contributed by atoms with Crippen molar-refractivity contribution in [1.29, 1.82) is 0 Å². The fourth-order valence-corrected chi connectivity index (χ4v) is 2.60. The monoisotopic (exact) mass is 503 g/mol. The first kappa shape index (κ1) is 24.7. The Morgan fingerprint density at radius 3 is 2.44 bits per heavy atom. The molecule has 1 rings (SSSR count). The van der Waals surface area contributed by atoms with E-state index in [0.717, 1.165) is 37.5 Å². The summed E-state index contributed by atoms with van der Waals surface area (Å²) in [5.41, 5.74) is 1.10. The third-order valence-corrected chi connectivity index (χ3v) is 3.56. The number of nitrogens with zero attached hydrogens (tertiary/aromatic N) is 1. The van der Waals surface area contributed by atoms with Gasteiger partial charge >= 0.3 is 0 Å². The van der Waals surface area contributed by atoms with Gasteiger partial charge in [-0.15, -0.1) is 24.0 Å². The molecule has 0 atom stereocenters. The van der Waals surface area contributed by atoms with Crippen LogP contribution in [0.5, 0.6) is 0 Å². The quantitative estimate of drug-likeness (QED) is 0.209. The third-order valence-electron chi connectivity index (χ3n) is 3.12. The maximum atomic E-state index is 6.01. The maximum absolute atomic E-state index is 6.01. The minimum absolute atomic E-state index is 0. The molecule has 0 amide bonds. The molecule has 0 spiro atoms. The lowest BCUT2D eigenvalue weighted by atomic mass is 10.1. The predicted octanol–water partition coefficient (Wildman–Crippen LogP) is 3.76. The molecule has 0 heterocycles. The Kier molecular flexibility index (Phi) is 15.8. The number of benzene rings is 1. The number of rotatable bonds is 11. The number of hydrogen-bond acceptors (Lipinski definition) is 3. The molecule has 2 N–H and O–H groups in total. The van der Waals surface area contributed by atoms with Crippen LogP contribution in [0.15, 0.2) is 23.2 Å². The molecule has 25 heavy (non-hydrogen) atoms. The van der Waals surface area contributed by atoms with Gasteiger partial charge in [0.15, 0.2) is 5.96 Å². The van der Waals surface area contributed by atoms with E-state index in [2.05, 4.69) is 15.6 Å². The van der Waals surface area contributed by atoms with Gasteiger partial charge in [-0.1, -0.05) is 23.2 Å². The van der Waals surface area contributed by atoms with Crippen molar-refractivity contribution in [3.8, 4) is 0 Å². The van der Waals surface area contributed by atoms with Crippen molar-refractivity contribution in [1.82, 2.24) is 10.6 Å². The Morgan fingerprint density at radius 2 is 1.80 bits per heavy atom. The normalized spacial score (nSPS) is 11.1. The van der Waals surface area contributed by atoms with Crippen molar-refractivity contribution < 1.29 is 9.47 Å². The van der Waals surface area contributed by atoms with Gasteiger partial charge in [-0.2, -0.15) is 0 Å². The van der Waals surface area contributed by atoms with Crippen molar-refractivity contribution in [2.24, 2.45) is 4.99 Å². The maximum Gasteiger partial charge on any atom is 0.191 e. The Hall–Kier alpha value is -0.280. The number of ether oxygens (including phenoxy) is 2. The summed E-state index contributed by atoms with van der Waals surface area (Å²) in [4.78, 5) is 4.53. The van der Waals surface area contributed by atoms with Crippen LogP contribution < -0.4 is 10.6 Å². The molecule has 0 radical (unpaired) electrons. The van der Waals surface area contributed by atoms with Gasteiger partial charge in [0.25, 0.3) is 0 Å². The van der Waals surface area contributed by atoms with Crippen LogP contribution in [0, 0.1) is 0 Å². The van der Waals surface area contributed by atoms with E-state index in [1.54, 1.807) is 13.2 Å². The van der Waals surface area contributed by atoms with Gasteiger partial charge in [-0.25, -0.2) is 0 Å². The molecule has 0 saturated heterocycles. The molecule has 0 unspecified atom stereocenters. The Balaban J connectivity index is 0.00000576. The van der Waals surface area contributed by atoms with Crippen molar-refractivity contribution >= 4 is 53.1 Å². The summed E-state index contributed by atoms with van der Waals surface area (Å²) >= 11 is 12.0. The van der Waals surface area contributed by atoms with Crippen LogP contribution in [-0.2, 0) is 15.9 Å². The summed E-state index contributed by atoms with van der Waals surface area (Å²) in [5, 5.41) is 7.86. The van der Waals surface area contributed by atoms with Gasteiger partial charge in [0.1, 0.15) is 0 Å². The SMILES string of the molecule is CCNC(=NCCCOCCOC)NCCc1cc(Cl)cc(Cl)c1.I. The van der Waals surface area contributed by atoms with Gasteiger partial charge in [-0.05, 0) is 43.5 Å². The number of guanidine groups is 1. The summed E-state index contributed by atoms with van der Waals surface area (Å²) in [7, 11) is 1.67. The van der Waals surface area contributed by atoms with Gasteiger partial charge in [0.05, 0.1) is 13.2 Å². The first-order chi connectivity index (χ1) is 11.7. The zero-order valence-corrected chi connectivity index (χ0v) is 18.7. The van der Waals surface area contributed by atoms with Crippen molar-refractivity contribution in [3.05, 3.63) is 33.8 Å². The van der Waals surface area contributed by atoms with E-state index in [1.807, 2.05) is 19.1 Å². The molecule has 0 fully saturated rings. The van der Waals surface area contributed by atoms with E-state index in [9.17, 15) is 0 Å². The lowest BCUT2D eigenvalue weighted by Crippen LogP contribution is -2.38. The molecule has 0 aromatic heterocycles. The summed E-state index contributed by atoms with van der Waals surface area (Å²) in [5.74, 6) is 0.808. The topological polar surface area (TPSA) is 54.9 Å². The van der Waals surface area contributed by atoms with E-state index in [4.69, 9.17) is 32.7 Å². The summed E-state index contributed by atoms with van der Waals surface area (Å²) < 4.78 is 10.3. The van der Waals surface area contributed by atoms with Crippen molar-refractivity contribution in [2.75, 3.05) is 46.6 Å². The van der Waals surface area contributed by atoms with Crippen LogP contribution in [0.3, 0.4) is 0 Å². The standard InChI is InChI=1S/C17H27Cl2N3O2.HI/c1-3-20-17(21-6-4-8-24-10-9-23-2)22-7-5-14-11-15(18)13-16(19)12-14;/h11-13H,3-10H2,1-2H3,(H2,20,21,22);1H. The summed E-state index contributed by atoms with van der Waals surface area (Å²) in [6, 6.07) is 5.59. The second-order valence-corrected chi connectivity index (χ2v) is 6.05. The molecule has 1 aromatic rings. The van der Waals surface area contributed by atoms with E-state index >= 15 is 0 Å². The van der Waals surface area contributed by atoms with E-state index < -0.39 is 0 Å². The van der Waals surface area contributed by atoms with Crippen molar-refractivity contribution in [3.63, 3.8) is 0 Å². The van der Waals surface area contributed by atoms with Crippen LogP contribution in [-0.4, -0.2) is 52.5 Å². The Bertz CT molecular complexity index is 485. The molecule has 144 valence electrons. The summed E-state index contributed by atoms with van der Waals surface area (Å²) in [6.07, 6.45) is 1.70. The lowest BCUT2D eigenvalue weighted by molar-refractivity contribution is 0.0702. The largest absolute Gasteiger partial charge is 0.382 e. The molecule has 0 aliphatic rings. The highest BCUT2D eigenvalue weighted by Gasteiger charge is 2.00. The first-order valence-electron chi connectivity index (χ1n) is 8.19. The number of methoxy groups -OCH3 is 1. The van der Waals surface area contributed by atoms with E-state index in [0.29, 0.717) is 36.4 Å². The minimum atomic E-state index is 0. The van der Waals surface area contributed by atoms with Gasteiger partial charge in [-0.3, -0.25) is 4.99 Å². The highest BCUT2D eigenvalue weighted by atomic mass is 127. The minimum Gasteiger partial charge on any atom is -0.382 e. The fraction of sp³-hybridized carbons (Fsp3) is 0.588. The first-order valence-corrected chi connectivity index (χ1v) is 8.95. The molecular weight excluding hydrogens is 476 g/mol. The highest BCUT2D eigenvalue weighted by molar-refractivity contribution is 14.0. The van der Waals surface area contributed by atoms with Crippen LogP contribution in [0.2, 0.25) is 10.0 Å². The van der Waals surface area contributed by atoms with E-state index in [-0.39, 0.29) is 24.0 Å². The molecule has 0 aliphatic carbocycles. The number of hydrogen-bond donors (Lipinski definition) is 2. The van der Waals surface area contributed by atoms with E-state index in [1.165, 1.54) is 0 Å². The molecule has 1 aromatic carbocycles. The van der Waals surface area contributed by atoms with Crippen LogP contribution in [0.25, 0.3) is 0 Å². The smallest absolute Gasteiger partial charge is 0.191 e. The lowest BCUT2D eigenvalue weighted by Gasteiger charge is -2.11. The predicted molar refractivity (Wildman–Crippen MR) is 117 cm³/mol. The average Bonchev–Trinajstić information content (AvgIpc) is 2.53. The van der Waals surface area contributed by atoms with Crippen molar-refractivity contribution in [2.45, 2.75) is 19.8 Å². The Morgan fingerprint density at radius 1 is 1.08 bits per heavy atom.